The molecule has 0 saturated carbocycles. The van der Waals surface area contributed by atoms with Gasteiger partial charge >= 0.3 is 11.9 Å². The first-order chi connectivity index (χ1) is 15.3. The Morgan fingerprint density at radius 3 is 1.97 bits per heavy atom. The first-order valence-electron chi connectivity index (χ1n) is 9.89. The van der Waals surface area contributed by atoms with Gasteiger partial charge in [0.05, 0.1) is 18.6 Å². The van der Waals surface area contributed by atoms with Crippen LogP contribution < -0.4 is 21.7 Å². The zero-order valence-electron chi connectivity index (χ0n) is 18.0. The first-order valence-corrected chi connectivity index (χ1v) is 9.89. The van der Waals surface area contributed by atoms with Crippen LogP contribution in [0, 0.1) is 0 Å². The fraction of sp³-hybridized carbons (Fsp3) is 0.450. The molecule has 5 unspecified atom stereocenters. The van der Waals surface area contributed by atoms with Gasteiger partial charge in [-0.05, 0) is 38.0 Å². The number of aliphatic hydroxyl groups is 1. The van der Waals surface area contributed by atoms with E-state index in [-0.39, 0.29) is 12.2 Å². The number of hydrogen-bond acceptors (Lipinski definition) is 8. The number of phenolic OH excluding ortho intramolecular Hbond substituents is 1. The Morgan fingerprint density at radius 1 is 0.909 bits per heavy atom. The van der Waals surface area contributed by atoms with E-state index < -0.39 is 66.4 Å². The number of hydrogen-bond donors (Lipinski definition) is 8. The predicted octanol–water partition coefficient (Wildman–Crippen LogP) is -2.32. The lowest BCUT2D eigenvalue weighted by atomic mass is 10.1. The number of nitrogens with two attached hydrogens (primary N) is 1. The number of aliphatic hydroxyl groups excluding tert-OH is 1. The molecule has 1 aromatic rings. The van der Waals surface area contributed by atoms with Crippen LogP contribution in [0.1, 0.15) is 25.8 Å². The minimum absolute atomic E-state index is 0.0464. The number of amides is 3. The molecule has 182 valence electrons. The number of carbonyl (C=O) groups is 5. The van der Waals surface area contributed by atoms with Gasteiger partial charge in [-0.2, -0.15) is 0 Å². The lowest BCUT2D eigenvalue weighted by Gasteiger charge is -2.23. The summed E-state index contributed by atoms with van der Waals surface area (Å²) in [6.07, 6.45) is -2.24. The lowest BCUT2D eigenvalue weighted by Crippen LogP contribution is -2.58. The lowest BCUT2D eigenvalue weighted by molar-refractivity contribution is -0.146. The highest BCUT2D eigenvalue weighted by Crippen LogP contribution is 2.11. The van der Waals surface area contributed by atoms with Crippen molar-refractivity contribution in [3.63, 3.8) is 0 Å². The average molecular weight is 468 g/mol. The van der Waals surface area contributed by atoms with E-state index in [2.05, 4.69) is 10.6 Å². The SMILES string of the molecule is CC(NC(=O)C(N)Cc1ccc(O)cc1)C(=O)NC(CC(=O)O)C(=O)NC(C(=O)O)C(C)O. The van der Waals surface area contributed by atoms with Gasteiger partial charge in [-0.3, -0.25) is 19.2 Å². The summed E-state index contributed by atoms with van der Waals surface area (Å²) >= 11 is 0. The molecule has 13 heteroatoms. The Bertz CT molecular complexity index is 873. The van der Waals surface area contributed by atoms with Crippen molar-refractivity contribution in [2.75, 3.05) is 0 Å². The van der Waals surface area contributed by atoms with Crippen molar-refractivity contribution >= 4 is 29.7 Å². The standard InChI is InChI=1S/C20H28N4O9/c1-9(22-18(30)13(21)7-11-3-5-12(26)6-4-11)17(29)23-14(8-15(27)28)19(31)24-16(10(2)25)20(32)33/h3-6,9-10,13-14,16,25-26H,7-8,21H2,1-2H3,(H,22,30)(H,23,29)(H,24,31)(H,27,28)(H,32,33). The zero-order valence-corrected chi connectivity index (χ0v) is 18.0. The number of carboxylic acid groups (broad SMARTS) is 2. The fourth-order valence-electron chi connectivity index (χ4n) is 2.69. The molecule has 5 atom stereocenters. The molecule has 0 saturated heterocycles. The van der Waals surface area contributed by atoms with Gasteiger partial charge in [-0.25, -0.2) is 4.79 Å². The zero-order chi connectivity index (χ0) is 25.3. The van der Waals surface area contributed by atoms with Gasteiger partial charge < -0.3 is 42.1 Å². The Morgan fingerprint density at radius 2 is 1.48 bits per heavy atom. The molecule has 33 heavy (non-hydrogen) atoms. The van der Waals surface area contributed by atoms with Gasteiger partial charge in [0.1, 0.15) is 17.8 Å². The summed E-state index contributed by atoms with van der Waals surface area (Å²) in [7, 11) is 0. The van der Waals surface area contributed by atoms with Crippen molar-refractivity contribution in [1.82, 2.24) is 16.0 Å². The molecule has 9 N–H and O–H groups in total. The van der Waals surface area contributed by atoms with E-state index in [0.717, 1.165) is 6.92 Å². The highest BCUT2D eigenvalue weighted by atomic mass is 16.4. The van der Waals surface area contributed by atoms with Crippen molar-refractivity contribution < 1.29 is 44.4 Å². The van der Waals surface area contributed by atoms with E-state index in [1.807, 2.05) is 5.32 Å². The molecule has 0 bridgehead atoms. The summed E-state index contributed by atoms with van der Waals surface area (Å²) in [5, 5.41) is 43.3. The minimum Gasteiger partial charge on any atom is -0.508 e. The first kappa shape index (κ1) is 27.3. The van der Waals surface area contributed by atoms with Crippen LogP contribution in [0.2, 0.25) is 0 Å². The molecule has 0 radical (unpaired) electrons. The molecule has 0 fully saturated rings. The van der Waals surface area contributed by atoms with Crippen LogP contribution in [0.3, 0.4) is 0 Å². The van der Waals surface area contributed by atoms with Gasteiger partial charge in [-0.1, -0.05) is 12.1 Å². The van der Waals surface area contributed by atoms with E-state index in [4.69, 9.17) is 15.9 Å². The third kappa shape index (κ3) is 9.13. The van der Waals surface area contributed by atoms with Crippen molar-refractivity contribution in [3.05, 3.63) is 29.8 Å². The van der Waals surface area contributed by atoms with Crippen molar-refractivity contribution in [3.8, 4) is 5.75 Å². The second kappa shape index (κ2) is 12.4. The monoisotopic (exact) mass is 468 g/mol. The van der Waals surface area contributed by atoms with E-state index in [1.165, 1.54) is 19.1 Å². The van der Waals surface area contributed by atoms with Gasteiger partial charge in [0.15, 0.2) is 6.04 Å². The molecule has 13 nitrogen and oxygen atoms in total. The summed E-state index contributed by atoms with van der Waals surface area (Å²) in [5.41, 5.74) is 6.50. The van der Waals surface area contributed by atoms with Crippen LogP contribution >= 0.6 is 0 Å². The molecule has 1 rings (SSSR count). The number of nitrogens with one attached hydrogen (secondary N) is 3. The molecule has 0 aliphatic heterocycles. The number of aromatic hydroxyl groups is 1. The molecular formula is C20H28N4O9. The summed E-state index contributed by atoms with van der Waals surface area (Å²) in [4.78, 5) is 59.2. The Hall–Kier alpha value is -3.71. The molecular weight excluding hydrogens is 440 g/mol. The molecule has 0 spiro atoms. The predicted molar refractivity (Wildman–Crippen MR) is 113 cm³/mol. The second-order valence-corrected chi connectivity index (χ2v) is 7.43. The van der Waals surface area contributed by atoms with Crippen LogP contribution in [-0.2, 0) is 30.4 Å². The second-order valence-electron chi connectivity index (χ2n) is 7.43. The van der Waals surface area contributed by atoms with Gasteiger partial charge in [0, 0.05) is 0 Å². The van der Waals surface area contributed by atoms with Crippen molar-refractivity contribution in [1.29, 1.82) is 0 Å². The number of aliphatic carboxylic acids is 2. The number of carboxylic acids is 2. The number of carbonyl (C=O) groups excluding carboxylic acids is 3. The Balaban J connectivity index is 2.76. The molecule has 0 aliphatic rings. The number of benzene rings is 1. The Kier molecular flexibility index (Phi) is 10.2. The molecule has 1 aromatic carbocycles. The molecule has 0 aliphatic carbocycles. The minimum atomic E-state index is -1.72. The maximum absolute atomic E-state index is 12.4. The van der Waals surface area contributed by atoms with Crippen LogP contribution in [0.4, 0.5) is 0 Å². The van der Waals surface area contributed by atoms with Crippen LogP contribution in [-0.4, -0.2) is 80.4 Å². The maximum atomic E-state index is 12.4. The van der Waals surface area contributed by atoms with E-state index >= 15 is 0 Å². The quantitative estimate of drug-likeness (QED) is 0.163. The van der Waals surface area contributed by atoms with E-state index in [1.54, 1.807) is 12.1 Å². The maximum Gasteiger partial charge on any atom is 0.328 e. The number of phenols is 1. The summed E-state index contributed by atoms with van der Waals surface area (Å²) < 4.78 is 0. The third-order valence-electron chi connectivity index (χ3n) is 4.54. The topological polar surface area (TPSA) is 228 Å². The molecule has 0 heterocycles. The summed E-state index contributed by atoms with van der Waals surface area (Å²) in [6.45, 7) is 2.40. The largest absolute Gasteiger partial charge is 0.508 e. The smallest absolute Gasteiger partial charge is 0.328 e. The Labute approximate surface area is 189 Å². The van der Waals surface area contributed by atoms with Gasteiger partial charge in [0.2, 0.25) is 17.7 Å². The summed E-state index contributed by atoms with van der Waals surface area (Å²) in [5.74, 6) is -5.70. The molecule has 0 aromatic heterocycles. The summed E-state index contributed by atoms with van der Waals surface area (Å²) in [6, 6.07) is 0.370. The van der Waals surface area contributed by atoms with Gasteiger partial charge in [-0.15, -0.1) is 0 Å². The highest BCUT2D eigenvalue weighted by molar-refractivity contribution is 5.95. The highest BCUT2D eigenvalue weighted by Gasteiger charge is 2.32. The van der Waals surface area contributed by atoms with Crippen molar-refractivity contribution in [2.24, 2.45) is 5.73 Å². The fourth-order valence-corrected chi connectivity index (χ4v) is 2.69. The van der Waals surface area contributed by atoms with E-state index in [9.17, 15) is 34.2 Å². The van der Waals surface area contributed by atoms with Crippen LogP contribution in [0.15, 0.2) is 24.3 Å². The van der Waals surface area contributed by atoms with Crippen molar-refractivity contribution in [2.45, 2.75) is 57.0 Å². The third-order valence-corrected chi connectivity index (χ3v) is 4.54. The molecule has 3 amide bonds. The van der Waals surface area contributed by atoms with Crippen LogP contribution in [0.5, 0.6) is 5.75 Å². The van der Waals surface area contributed by atoms with E-state index in [0.29, 0.717) is 5.56 Å². The average Bonchev–Trinajstić information content (AvgIpc) is 2.71. The number of rotatable bonds is 12. The van der Waals surface area contributed by atoms with Gasteiger partial charge in [0.25, 0.3) is 0 Å². The normalized spacial score (nSPS) is 15.3. The van der Waals surface area contributed by atoms with Crippen LogP contribution in [0.25, 0.3) is 0 Å².